The van der Waals surface area contributed by atoms with E-state index in [0.29, 0.717) is 22.2 Å². The highest BCUT2D eigenvalue weighted by atomic mass is 32.1. The van der Waals surface area contributed by atoms with Gasteiger partial charge in [0, 0.05) is 0 Å². The summed E-state index contributed by atoms with van der Waals surface area (Å²) in [6.45, 7) is 2.19. The lowest BCUT2D eigenvalue weighted by atomic mass is 10.1. The van der Waals surface area contributed by atoms with E-state index in [4.69, 9.17) is 9.47 Å². The number of nitrogens with zero attached hydrogens (tertiary/aromatic N) is 1. The number of thiazole rings is 1. The van der Waals surface area contributed by atoms with Crippen molar-refractivity contribution in [1.29, 1.82) is 0 Å². The quantitative estimate of drug-likeness (QED) is 0.642. The van der Waals surface area contributed by atoms with Crippen molar-refractivity contribution in [2.75, 3.05) is 19.5 Å². The number of methoxy groups -OCH3 is 2. The number of fused-ring (bicyclic) bond motifs is 1. The molecular weight excluding hydrogens is 348 g/mol. The molecule has 1 heterocycles. The molecule has 0 aliphatic carbocycles. The maximum Gasteiger partial charge on any atom is 0.265 e. The van der Waals surface area contributed by atoms with Gasteiger partial charge in [-0.2, -0.15) is 0 Å². The third kappa shape index (κ3) is 3.80. The van der Waals surface area contributed by atoms with Crippen LogP contribution in [-0.2, 0) is 6.42 Å². The van der Waals surface area contributed by atoms with Crippen molar-refractivity contribution in [2.45, 2.75) is 26.2 Å². The SMILES string of the molecule is CCCCc1ccc2nc(NC(=O)c3c(OC)cccc3OC)sc2c1. The highest BCUT2D eigenvalue weighted by Crippen LogP contribution is 2.31. The number of ether oxygens (including phenoxy) is 2. The molecule has 2 aromatic carbocycles. The first-order chi connectivity index (χ1) is 12.7. The van der Waals surface area contributed by atoms with Gasteiger partial charge in [-0.1, -0.05) is 36.8 Å². The first-order valence-corrected chi connectivity index (χ1v) is 9.39. The lowest BCUT2D eigenvalue weighted by Crippen LogP contribution is -2.14. The number of benzene rings is 2. The van der Waals surface area contributed by atoms with Crippen molar-refractivity contribution >= 4 is 32.6 Å². The molecule has 0 saturated heterocycles. The van der Waals surface area contributed by atoms with Crippen molar-refractivity contribution in [1.82, 2.24) is 4.98 Å². The minimum atomic E-state index is -0.301. The zero-order chi connectivity index (χ0) is 18.5. The molecule has 26 heavy (non-hydrogen) atoms. The van der Waals surface area contributed by atoms with E-state index in [-0.39, 0.29) is 5.91 Å². The first-order valence-electron chi connectivity index (χ1n) is 8.58. The fourth-order valence-electron chi connectivity index (χ4n) is 2.79. The molecule has 0 radical (unpaired) electrons. The summed E-state index contributed by atoms with van der Waals surface area (Å²) >= 11 is 1.47. The second-order valence-corrected chi connectivity index (χ2v) is 6.95. The molecule has 1 N–H and O–H groups in total. The smallest absolute Gasteiger partial charge is 0.265 e. The number of nitrogens with one attached hydrogen (secondary N) is 1. The van der Waals surface area contributed by atoms with Crippen molar-refractivity contribution < 1.29 is 14.3 Å². The van der Waals surface area contributed by atoms with Gasteiger partial charge in [0.15, 0.2) is 5.13 Å². The Labute approximate surface area is 157 Å². The average Bonchev–Trinajstić information content (AvgIpc) is 3.06. The van der Waals surface area contributed by atoms with Crippen molar-refractivity contribution in [3.05, 3.63) is 47.5 Å². The van der Waals surface area contributed by atoms with Gasteiger partial charge < -0.3 is 9.47 Å². The summed E-state index contributed by atoms with van der Waals surface area (Å²) in [5, 5.41) is 3.43. The highest BCUT2D eigenvalue weighted by molar-refractivity contribution is 7.22. The first kappa shape index (κ1) is 18.2. The Morgan fingerprint density at radius 1 is 1.15 bits per heavy atom. The van der Waals surface area contributed by atoms with Crippen LogP contribution in [0.15, 0.2) is 36.4 Å². The summed E-state index contributed by atoms with van der Waals surface area (Å²) < 4.78 is 11.7. The molecule has 0 atom stereocenters. The number of hydrogen-bond acceptors (Lipinski definition) is 5. The summed E-state index contributed by atoms with van der Waals surface area (Å²) in [5.74, 6) is 0.624. The third-order valence-corrected chi connectivity index (χ3v) is 5.08. The maximum atomic E-state index is 12.8. The van der Waals surface area contributed by atoms with Crippen molar-refractivity contribution in [3.8, 4) is 11.5 Å². The fraction of sp³-hybridized carbons (Fsp3) is 0.300. The van der Waals surface area contributed by atoms with Crippen LogP contribution in [0.1, 0.15) is 35.7 Å². The van der Waals surface area contributed by atoms with Gasteiger partial charge in [-0.15, -0.1) is 0 Å². The summed E-state index contributed by atoms with van der Waals surface area (Å²) in [6.07, 6.45) is 3.40. The van der Waals surface area contributed by atoms with Crippen LogP contribution < -0.4 is 14.8 Å². The van der Waals surface area contributed by atoms with E-state index in [2.05, 4.69) is 29.4 Å². The van der Waals surface area contributed by atoms with Gasteiger partial charge in [-0.05, 0) is 42.7 Å². The van der Waals surface area contributed by atoms with E-state index in [1.165, 1.54) is 44.0 Å². The molecule has 136 valence electrons. The Bertz CT molecular complexity index is 898. The fourth-order valence-corrected chi connectivity index (χ4v) is 3.72. The number of carbonyl (C=O) groups excluding carboxylic acids is 1. The molecule has 1 amide bonds. The lowest BCUT2D eigenvalue weighted by molar-refractivity contribution is 0.102. The van der Waals surface area contributed by atoms with Crippen LogP contribution >= 0.6 is 11.3 Å². The van der Waals surface area contributed by atoms with E-state index in [1.54, 1.807) is 18.2 Å². The van der Waals surface area contributed by atoms with Crippen molar-refractivity contribution in [2.24, 2.45) is 0 Å². The topological polar surface area (TPSA) is 60.5 Å². The molecule has 0 fully saturated rings. The number of hydrogen-bond donors (Lipinski definition) is 1. The van der Waals surface area contributed by atoms with Gasteiger partial charge in [-0.3, -0.25) is 10.1 Å². The summed E-state index contributed by atoms with van der Waals surface area (Å²) in [6, 6.07) is 11.5. The number of carbonyl (C=O) groups is 1. The monoisotopic (exact) mass is 370 g/mol. The molecule has 0 aliphatic rings. The number of aromatic nitrogens is 1. The molecule has 0 aliphatic heterocycles. The molecule has 6 heteroatoms. The normalized spacial score (nSPS) is 10.7. The second-order valence-electron chi connectivity index (χ2n) is 5.92. The van der Waals surface area contributed by atoms with Crippen LogP contribution in [-0.4, -0.2) is 25.1 Å². The van der Waals surface area contributed by atoms with Gasteiger partial charge in [0.2, 0.25) is 0 Å². The molecule has 0 spiro atoms. The Hall–Kier alpha value is -2.60. The second kappa shape index (κ2) is 8.19. The number of anilines is 1. The number of aryl methyl sites for hydroxylation is 1. The summed E-state index contributed by atoms with van der Waals surface area (Å²) in [7, 11) is 3.06. The van der Waals surface area contributed by atoms with E-state index >= 15 is 0 Å². The van der Waals surface area contributed by atoms with E-state index in [1.807, 2.05) is 6.07 Å². The standard InChI is InChI=1S/C20H22N2O3S/c1-4-5-7-13-10-11-14-17(12-13)26-20(21-14)22-19(23)18-15(24-2)8-6-9-16(18)25-3/h6,8-12H,4-5,7H2,1-3H3,(H,21,22,23). The van der Waals surface area contributed by atoms with Crippen LogP contribution in [0.2, 0.25) is 0 Å². The molecular formula is C20H22N2O3S. The van der Waals surface area contributed by atoms with E-state index < -0.39 is 0 Å². The maximum absolute atomic E-state index is 12.8. The Morgan fingerprint density at radius 3 is 2.54 bits per heavy atom. The molecule has 0 saturated carbocycles. The van der Waals surface area contributed by atoms with Gasteiger partial charge >= 0.3 is 0 Å². The summed E-state index contributed by atoms with van der Waals surface area (Å²) in [4.78, 5) is 17.3. The summed E-state index contributed by atoms with van der Waals surface area (Å²) in [5.41, 5.74) is 2.55. The molecule has 0 bridgehead atoms. The van der Waals surface area contributed by atoms with E-state index in [0.717, 1.165) is 16.6 Å². The minimum absolute atomic E-state index is 0.301. The Morgan fingerprint density at radius 2 is 1.88 bits per heavy atom. The molecule has 1 aromatic heterocycles. The number of rotatable bonds is 7. The van der Waals surface area contributed by atoms with Gasteiger partial charge in [0.05, 0.1) is 24.4 Å². The van der Waals surface area contributed by atoms with Crippen LogP contribution in [0.25, 0.3) is 10.2 Å². The van der Waals surface area contributed by atoms with Gasteiger partial charge in [0.1, 0.15) is 17.1 Å². The van der Waals surface area contributed by atoms with Gasteiger partial charge in [-0.25, -0.2) is 4.98 Å². The third-order valence-electron chi connectivity index (χ3n) is 4.15. The zero-order valence-electron chi connectivity index (χ0n) is 15.2. The predicted octanol–water partition coefficient (Wildman–Crippen LogP) is 4.91. The van der Waals surface area contributed by atoms with Crippen LogP contribution in [0.3, 0.4) is 0 Å². The van der Waals surface area contributed by atoms with E-state index in [9.17, 15) is 4.79 Å². The molecule has 3 rings (SSSR count). The number of amides is 1. The zero-order valence-corrected chi connectivity index (χ0v) is 16.0. The largest absolute Gasteiger partial charge is 0.496 e. The van der Waals surface area contributed by atoms with Crippen LogP contribution in [0.5, 0.6) is 11.5 Å². The minimum Gasteiger partial charge on any atom is -0.496 e. The average molecular weight is 370 g/mol. The highest BCUT2D eigenvalue weighted by Gasteiger charge is 2.19. The molecule has 5 nitrogen and oxygen atoms in total. The van der Waals surface area contributed by atoms with Gasteiger partial charge in [0.25, 0.3) is 5.91 Å². The Balaban J connectivity index is 1.86. The Kier molecular flexibility index (Phi) is 5.73. The predicted molar refractivity (Wildman–Crippen MR) is 106 cm³/mol. The van der Waals surface area contributed by atoms with Crippen molar-refractivity contribution in [3.63, 3.8) is 0 Å². The molecule has 3 aromatic rings. The lowest BCUT2D eigenvalue weighted by Gasteiger charge is -2.11. The number of unbranched alkanes of at least 4 members (excludes halogenated alkanes) is 1. The molecule has 0 unspecified atom stereocenters. The van der Waals surface area contributed by atoms with Crippen LogP contribution in [0.4, 0.5) is 5.13 Å². The van der Waals surface area contributed by atoms with Crippen LogP contribution in [0, 0.1) is 0 Å².